The Morgan fingerprint density at radius 1 is 1.13 bits per heavy atom. The van der Waals surface area contributed by atoms with Gasteiger partial charge in [-0.25, -0.2) is 4.99 Å². The Balaban J connectivity index is 2.05. The fraction of sp³-hybridized carbons (Fsp3) is 0.158. The molecule has 0 aliphatic carbocycles. The van der Waals surface area contributed by atoms with E-state index in [1.54, 1.807) is 6.20 Å². The maximum Gasteiger partial charge on any atom is 0.0958 e. The molecule has 0 radical (unpaired) electrons. The number of hydrogen-bond donors (Lipinski definition) is 0. The largest absolute Gasteiger partial charge is 0.264 e. The number of pyridine rings is 1. The molecule has 2 heterocycles. The van der Waals surface area contributed by atoms with Crippen LogP contribution in [0.3, 0.4) is 0 Å². The van der Waals surface area contributed by atoms with Gasteiger partial charge in [0, 0.05) is 18.0 Å². The Kier molecular flexibility index (Phi) is 5.11. The van der Waals surface area contributed by atoms with E-state index >= 15 is 0 Å². The first-order valence-corrected chi connectivity index (χ1v) is 9.24. The fourth-order valence-corrected chi connectivity index (χ4v) is 3.28. The van der Waals surface area contributed by atoms with Gasteiger partial charge < -0.3 is 0 Å². The van der Waals surface area contributed by atoms with Gasteiger partial charge >= 0.3 is 0 Å². The number of nitrogens with zero attached hydrogens (tertiary/aromatic N) is 2. The summed E-state index contributed by atoms with van der Waals surface area (Å²) in [5.74, 6) is 0. The minimum atomic E-state index is -0.115. The van der Waals surface area contributed by atoms with Gasteiger partial charge in [-0.15, -0.1) is 0 Å². The Hall–Kier alpha value is -1.27. The third kappa shape index (κ3) is 3.98. The van der Waals surface area contributed by atoms with Gasteiger partial charge in [-0.1, -0.05) is 58.4 Å². The molecule has 1 aliphatic rings. The van der Waals surface area contributed by atoms with Crippen molar-refractivity contribution < 1.29 is 0 Å². The number of aliphatic imine (C=N–C) groups is 1. The van der Waals surface area contributed by atoms with E-state index < -0.39 is 0 Å². The van der Waals surface area contributed by atoms with Crippen molar-refractivity contribution in [2.75, 3.05) is 0 Å². The second kappa shape index (κ2) is 7.09. The zero-order valence-corrected chi connectivity index (χ0v) is 16.5. The number of benzene rings is 1. The zero-order valence-electron chi connectivity index (χ0n) is 12.7. The van der Waals surface area contributed by atoms with Gasteiger partial charge in [-0.05, 0) is 59.2 Å². The number of halogens is 2. The molecule has 1 unspecified atom stereocenters. The van der Waals surface area contributed by atoms with Crippen LogP contribution in [0.2, 0.25) is 0 Å². The monoisotopic (exact) mass is 478 g/mol. The highest BCUT2D eigenvalue weighted by atomic mass is 127. The van der Waals surface area contributed by atoms with Crippen molar-refractivity contribution in [2.24, 2.45) is 4.99 Å². The van der Waals surface area contributed by atoms with E-state index in [4.69, 9.17) is 4.99 Å². The Morgan fingerprint density at radius 2 is 1.91 bits per heavy atom. The van der Waals surface area contributed by atoms with Crippen LogP contribution in [0.25, 0.3) is 11.8 Å². The van der Waals surface area contributed by atoms with E-state index in [0.29, 0.717) is 0 Å². The number of aromatic nitrogens is 1. The van der Waals surface area contributed by atoms with Crippen LogP contribution in [-0.2, 0) is 0 Å². The predicted octanol–water partition coefficient (Wildman–Crippen LogP) is 5.90. The molecular weight excluding hydrogens is 463 g/mol. The molecule has 0 fully saturated rings. The van der Waals surface area contributed by atoms with Crippen molar-refractivity contribution in [2.45, 2.75) is 17.7 Å². The van der Waals surface area contributed by atoms with Crippen molar-refractivity contribution in [3.8, 4) is 0 Å². The summed E-state index contributed by atoms with van der Waals surface area (Å²) in [7, 11) is 0. The van der Waals surface area contributed by atoms with Gasteiger partial charge in [0.15, 0.2) is 0 Å². The maximum absolute atomic E-state index is 4.84. The van der Waals surface area contributed by atoms with Gasteiger partial charge in [-0.2, -0.15) is 0 Å². The normalized spacial score (nSPS) is 21.6. The van der Waals surface area contributed by atoms with E-state index in [0.717, 1.165) is 21.4 Å². The third-order valence-electron chi connectivity index (χ3n) is 3.68. The van der Waals surface area contributed by atoms with E-state index in [2.05, 4.69) is 80.8 Å². The van der Waals surface area contributed by atoms with Gasteiger partial charge in [-0.3, -0.25) is 4.98 Å². The number of rotatable bonds is 3. The number of alkyl halides is 1. The van der Waals surface area contributed by atoms with Crippen LogP contribution in [-0.4, -0.2) is 13.0 Å². The van der Waals surface area contributed by atoms with Crippen LogP contribution in [0.5, 0.6) is 0 Å². The van der Waals surface area contributed by atoms with Crippen molar-refractivity contribution >= 4 is 54.0 Å². The summed E-state index contributed by atoms with van der Waals surface area (Å²) in [4.78, 5) is 9.08. The molecule has 0 amide bonds. The summed E-state index contributed by atoms with van der Waals surface area (Å²) in [5, 5.41) is 0. The van der Waals surface area contributed by atoms with Crippen molar-refractivity contribution in [1.29, 1.82) is 0 Å². The van der Waals surface area contributed by atoms with Crippen LogP contribution >= 0.6 is 38.5 Å². The van der Waals surface area contributed by atoms with E-state index in [1.807, 2.05) is 30.5 Å². The molecule has 0 spiro atoms. The van der Waals surface area contributed by atoms with Crippen molar-refractivity contribution in [3.05, 3.63) is 77.6 Å². The van der Waals surface area contributed by atoms with Crippen LogP contribution in [0, 0.1) is 0 Å². The lowest BCUT2D eigenvalue weighted by Gasteiger charge is -2.27. The summed E-state index contributed by atoms with van der Waals surface area (Å²) in [6, 6.07) is 14.3. The van der Waals surface area contributed by atoms with Crippen LogP contribution < -0.4 is 0 Å². The van der Waals surface area contributed by atoms with Crippen LogP contribution in [0.15, 0.2) is 71.5 Å². The molecule has 1 atom stereocenters. The third-order valence-corrected chi connectivity index (χ3v) is 6.51. The average molecular weight is 479 g/mol. The van der Waals surface area contributed by atoms with E-state index in [1.165, 1.54) is 11.1 Å². The molecule has 116 valence electrons. The summed E-state index contributed by atoms with van der Waals surface area (Å²) in [5.41, 5.74) is 4.46. The SMILES string of the molecule is CC1(Br)CC(/C=C/c2ccccc2)=C(c2cccnc2)N=C1I. The molecule has 1 aromatic carbocycles. The summed E-state index contributed by atoms with van der Waals surface area (Å²) < 4.78 is 0.945. The lowest BCUT2D eigenvalue weighted by atomic mass is 9.94. The van der Waals surface area contributed by atoms with Gasteiger partial charge in [0.1, 0.15) is 0 Å². The van der Waals surface area contributed by atoms with Crippen LogP contribution in [0.1, 0.15) is 24.5 Å². The molecule has 0 bridgehead atoms. The first-order chi connectivity index (χ1) is 11.1. The van der Waals surface area contributed by atoms with Gasteiger partial charge in [0.25, 0.3) is 0 Å². The number of allylic oxidation sites excluding steroid dienone is 2. The highest BCUT2D eigenvalue weighted by Gasteiger charge is 2.31. The molecule has 0 N–H and O–H groups in total. The Bertz CT molecular complexity index is 778. The highest BCUT2D eigenvalue weighted by molar-refractivity contribution is 14.1. The second-order valence-corrected chi connectivity index (χ2v) is 8.41. The molecule has 1 aliphatic heterocycles. The molecule has 3 rings (SSSR count). The quantitative estimate of drug-likeness (QED) is 0.398. The van der Waals surface area contributed by atoms with Crippen molar-refractivity contribution in [3.63, 3.8) is 0 Å². The lowest BCUT2D eigenvalue weighted by molar-refractivity contribution is 0.846. The average Bonchev–Trinajstić information content (AvgIpc) is 2.57. The first-order valence-electron chi connectivity index (χ1n) is 7.36. The van der Waals surface area contributed by atoms with Crippen molar-refractivity contribution in [1.82, 2.24) is 4.98 Å². The molecule has 0 saturated heterocycles. The second-order valence-electron chi connectivity index (χ2n) is 5.64. The molecule has 2 aromatic rings. The zero-order chi connectivity index (χ0) is 16.3. The highest BCUT2D eigenvalue weighted by Crippen LogP contribution is 2.40. The Morgan fingerprint density at radius 3 is 2.61 bits per heavy atom. The molecule has 2 nitrogen and oxygen atoms in total. The molecular formula is C19H16BrIN2. The minimum absolute atomic E-state index is 0.115. The fourth-order valence-electron chi connectivity index (χ4n) is 2.45. The first kappa shape index (κ1) is 16.6. The topological polar surface area (TPSA) is 25.2 Å². The molecule has 4 heteroatoms. The molecule has 1 aromatic heterocycles. The molecule has 23 heavy (non-hydrogen) atoms. The maximum atomic E-state index is 4.84. The van der Waals surface area contributed by atoms with Gasteiger partial charge in [0.05, 0.1) is 13.7 Å². The summed E-state index contributed by atoms with van der Waals surface area (Å²) >= 11 is 6.12. The van der Waals surface area contributed by atoms with Gasteiger partial charge in [0.2, 0.25) is 0 Å². The van der Waals surface area contributed by atoms with E-state index in [-0.39, 0.29) is 4.32 Å². The smallest absolute Gasteiger partial charge is 0.0958 e. The Labute approximate surface area is 158 Å². The minimum Gasteiger partial charge on any atom is -0.264 e. The summed E-state index contributed by atoms with van der Waals surface area (Å²) in [6.07, 6.45) is 8.86. The number of hydrogen-bond acceptors (Lipinski definition) is 2. The standard InChI is InChI=1S/C19H16BrIN2/c1-19(20)12-15(10-9-14-6-3-2-4-7-14)17(23-18(19)21)16-8-5-11-22-13-16/h2-11,13H,12H2,1H3/b10-9+. The summed E-state index contributed by atoms with van der Waals surface area (Å²) in [6.45, 7) is 2.16. The van der Waals surface area contributed by atoms with Crippen LogP contribution in [0.4, 0.5) is 0 Å². The molecule has 0 saturated carbocycles. The predicted molar refractivity (Wildman–Crippen MR) is 110 cm³/mol. The lowest BCUT2D eigenvalue weighted by Crippen LogP contribution is -2.27. The van der Waals surface area contributed by atoms with E-state index in [9.17, 15) is 0 Å².